The van der Waals surface area contributed by atoms with E-state index in [-0.39, 0.29) is 0 Å². The summed E-state index contributed by atoms with van der Waals surface area (Å²) in [5.74, 6) is 0. The van der Waals surface area contributed by atoms with Gasteiger partial charge in [-0.1, -0.05) is 71.6 Å². The highest BCUT2D eigenvalue weighted by Gasteiger charge is 1.95. The van der Waals surface area contributed by atoms with Gasteiger partial charge >= 0.3 is 0 Å². The minimum atomic E-state index is 0.837. The Kier molecular flexibility index (Phi) is 15.5. The van der Waals surface area contributed by atoms with E-state index in [0.29, 0.717) is 0 Å². The van der Waals surface area contributed by atoms with Crippen molar-refractivity contribution in [2.24, 2.45) is 0 Å². The van der Waals surface area contributed by atoms with E-state index in [9.17, 15) is 0 Å². The summed E-state index contributed by atoms with van der Waals surface area (Å²) in [7, 11) is 0. The highest BCUT2D eigenvalue weighted by atomic mass is 32.1. The van der Waals surface area contributed by atoms with Crippen molar-refractivity contribution >= 4 is 17.3 Å². The van der Waals surface area contributed by atoms with Crippen molar-refractivity contribution < 1.29 is 0 Å². The van der Waals surface area contributed by atoms with Gasteiger partial charge in [-0.05, 0) is 25.1 Å². The van der Waals surface area contributed by atoms with Crippen LogP contribution in [-0.4, -0.2) is 18.2 Å². The van der Waals surface area contributed by atoms with Crippen molar-refractivity contribution in [2.75, 3.05) is 13.1 Å². The number of thiocarbonyl (C=S) groups is 1. The molecule has 0 rings (SSSR count). The van der Waals surface area contributed by atoms with Crippen molar-refractivity contribution in [3.8, 4) is 0 Å². The Labute approximate surface area is 126 Å². The van der Waals surface area contributed by atoms with E-state index in [1.54, 1.807) is 0 Å². The number of hydrogen-bond acceptors (Lipinski definition) is 1. The van der Waals surface area contributed by atoms with Crippen LogP contribution in [0.4, 0.5) is 0 Å². The van der Waals surface area contributed by atoms with Crippen LogP contribution in [0.5, 0.6) is 0 Å². The molecule has 0 aliphatic rings. The lowest BCUT2D eigenvalue weighted by atomic mass is 10.1. The van der Waals surface area contributed by atoms with Gasteiger partial charge in [-0.15, -0.1) is 0 Å². The number of rotatable bonds is 13. The van der Waals surface area contributed by atoms with Crippen molar-refractivity contribution in [2.45, 2.75) is 84.5 Å². The van der Waals surface area contributed by atoms with E-state index in [0.717, 1.165) is 18.2 Å². The van der Waals surface area contributed by atoms with E-state index in [4.69, 9.17) is 12.2 Å². The fraction of sp³-hybridized carbons (Fsp3) is 0.938. The summed E-state index contributed by atoms with van der Waals surface area (Å²) < 4.78 is 0. The van der Waals surface area contributed by atoms with Crippen LogP contribution in [0, 0.1) is 0 Å². The maximum absolute atomic E-state index is 5.25. The Morgan fingerprint density at radius 1 is 0.632 bits per heavy atom. The Balaban J connectivity index is 3.13. The molecule has 0 amide bonds. The molecule has 0 bridgehead atoms. The number of hydrogen-bond donors (Lipinski definition) is 2. The molecule has 0 heterocycles. The van der Waals surface area contributed by atoms with Gasteiger partial charge in [0.1, 0.15) is 0 Å². The van der Waals surface area contributed by atoms with Crippen molar-refractivity contribution in [1.29, 1.82) is 0 Å². The van der Waals surface area contributed by atoms with Crippen molar-refractivity contribution in [3.05, 3.63) is 0 Å². The molecular weight excluding hydrogens is 252 g/mol. The summed E-state index contributed by atoms with van der Waals surface area (Å²) in [5.41, 5.74) is 0. The van der Waals surface area contributed by atoms with Crippen LogP contribution in [0.2, 0.25) is 0 Å². The van der Waals surface area contributed by atoms with E-state index >= 15 is 0 Å². The maximum atomic E-state index is 5.25. The minimum Gasteiger partial charge on any atom is -0.363 e. The zero-order valence-corrected chi connectivity index (χ0v) is 13.9. The fourth-order valence-electron chi connectivity index (χ4n) is 2.10. The van der Waals surface area contributed by atoms with Gasteiger partial charge in [0.15, 0.2) is 5.11 Å². The van der Waals surface area contributed by atoms with Gasteiger partial charge in [0, 0.05) is 13.1 Å². The Morgan fingerprint density at radius 3 is 1.42 bits per heavy atom. The smallest absolute Gasteiger partial charge is 0.166 e. The van der Waals surface area contributed by atoms with Crippen LogP contribution in [0.3, 0.4) is 0 Å². The monoisotopic (exact) mass is 286 g/mol. The zero-order valence-electron chi connectivity index (χ0n) is 13.1. The number of unbranched alkanes of at least 4 members (excludes halogenated alkanes) is 9. The molecule has 0 spiro atoms. The first-order chi connectivity index (χ1) is 9.31. The molecule has 3 heteroatoms. The molecule has 0 aromatic rings. The summed E-state index contributed by atoms with van der Waals surface area (Å²) in [5, 5.41) is 7.42. The quantitative estimate of drug-likeness (QED) is 0.376. The normalized spacial score (nSPS) is 10.4. The molecule has 0 aromatic carbocycles. The second-order valence-corrected chi connectivity index (χ2v) is 5.77. The fourth-order valence-corrected chi connectivity index (χ4v) is 2.30. The lowest BCUT2D eigenvalue weighted by molar-refractivity contribution is 0.597. The van der Waals surface area contributed by atoms with Crippen LogP contribution in [0.25, 0.3) is 0 Å². The van der Waals surface area contributed by atoms with Gasteiger partial charge in [-0.2, -0.15) is 0 Å². The highest BCUT2D eigenvalue weighted by Crippen LogP contribution is 2.04. The second kappa shape index (κ2) is 15.7. The molecule has 2 N–H and O–H groups in total. The lowest BCUT2D eigenvalue weighted by Gasteiger charge is -2.10. The second-order valence-electron chi connectivity index (χ2n) is 5.36. The molecule has 0 saturated heterocycles. The molecular formula is C16H34N2S. The summed E-state index contributed by atoms with van der Waals surface area (Å²) in [6, 6.07) is 0. The third-order valence-corrected chi connectivity index (χ3v) is 3.67. The van der Waals surface area contributed by atoms with Gasteiger partial charge in [0.2, 0.25) is 0 Å². The third-order valence-electron chi connectivity index (χ3n) is 3.38. The molecule has 0 atom stereocenters. The molecule has 0 radical (unpaired) electrons. The van der Waals surface area contributed by atoms with Gasteiger partial charge < -0.3 is 10.6 Å². The first-order valence-electron chi connectivity index (χ1n) is 8.33. The topological polar surface area (TPSA) is 24.1 Å². The van der Waals surface area contributed by atoms with Crippen LogP contribution in [-0.2, 0) is 0 Å². The van der Waals surface area contributed by atoms with E-state index in [1.807, 2.05) is 0 Å². The summed E-state index contributed by atoms with van der Waals surface area (Å²) in [6.07, 6.45) is 14.6. The van der Waals surface area contributed by atoms with E-state index in [1.165, 1.54) is 70.6 Å². The first-order valence-corrected chi connectivity index (χ1v) is 8.73. The summed E-state index contributed by atoms with van der Waals surface area (Å²) >= 11 is 5.25. The minimum absolute atomic E-state index is 0.837. The van der Waals surface area contributed by atoms with E-state index in [2.05, 4.69) is 24.5 Å². The molecule has 0 fully saturated rings. The molecule has 0 unspecified atom stereocenters. The first kappa shape index (κ1) is 18.7. The highest BCUT2D eigenvalue weighted by molar-refractivity contribution is 7.80. The largest absolute Gasteiger partial charge is 0.363 e. The van der Waals surface area contributed by atoms with Crippen LogP contribution >= 0.6 is 12.2 Å². The molecule has 2 nitrogen and oxygen atoms in total. The SMILES string of the molecule is CCCCCCCCNC(=S)NCCCCCCC. The Hall–Kier alpha value is -0.310. The summed E-state index contributed by atoms with van der Waals surface area (Å²) in [4.78, 5) is 0. The molecule has 19 heavy (non-hydrogen) atoms. The van der Waals surface area contributed by atoms with Crippen LogP contribution < -0.4 is 10.6 Å². The van der Waals surface area contributed by atoms with Gasteiger partial charge in [0.05, 0.1) is 0 Å². The van der Waals surface area contributed by atoms with Gasteiger partial charge in [0.25, 0.3) is 0 Å². The van der Waals surface area contributed by atoms with Crippen molar-refractivity contribution in [1.82, 2.24) is 10.6 Å². The molecule has 0 aliphatic heterocycles. The third kappa shape index (κ3) is 15.6. The van der Waals surface area contributed by atoms with Crippen LogP contribution in [0.15, 0.2) is 0 Å². The predicted molar refractivity (Wildman–Crippen MR) is 90.7 cm³/mol. The van der Waals surface area contributed by atoms with Gasteiger partial charge in [-0.3, -0.25) is 0 Å². The maximum Gasteiger partial charge on any atom is 0.166 e. The standard InChI is InChI=1S/C16H34N2S/c1-3-5-7-9-11-13-15-18-16(19)17-14-12-10-8-6-4-2/h3-15H2,1-2H3,(H2,17,18,19). The Morgan fingerprint density at radius 2 is 1.00 bits per heavy atom. The van der Waals surface area contributed by atoms with Crippen LogP contribution in [0.1, 0.15) is 84.5 Å². The average molecular weight is 287 g/mol. The lowest BCUT2D eigenvalue weighted by Crippen LogP contribution is -2.36. The molecule has 0 aromatic heterocycles. The molecule has 0 aliphatic carbocycles. The summed E-state index contributed by atoms with van der Waals surface area (Å²) in [6.45, 7) is 6.55. The van der Waals surface area contributed by atoms with Gasteiger partial charge in [-0.25, -0.2) is 0 Å². The molecule has 114 valence electrons. The number of nitrogens with one attached hydrogen (secondary N) is 2. The van der Waals surface area contributed by atoms with E-state index < -0.39 is 0 Å². The average Bonchev–Trinajstić information content (AvgIpc) is 2.41. The predicted octanol–water partition coefficient (Wildman–Crippen LogP) is 4.78. The van der Waals surface area contributed by atoms with Crippen molar-refractivity contribution in [3.63, 3.8) is 0 Å². The zero-order chi connectivity index (χ0) is 14.2. The Bertz CT molecular complexity index is 195. The molecule has 0 saturated carbocycles.